The molecule has 2 aromatic carbocycles. The van der Waals surface area contributed by atoms with Crippen LogP contribution in [-0.4, -0.2) is 52.1 Å². The molecule has 0 saturated carbocycles. The molecule has 0 spiro atoms. The first-order valence-electron chi connectivity index (χ1n) is 12.1. The highest BCUT2D eigenvalue weighted by molar-refractivity contribution is 5.98. The number of carbonyl (C=O) groups excluding carboxylic acids is 1. The zero-order valence-electron chi connectivity index (χ0n) is 19.8. The van der Waals surface area contributed by atoms with Crippen LogP contribution >= 0.6 is 0 Å². The highest BCUT2D eigenvalue weighted by atomic mass is 19.1. The largest absolute Gasteiger partial charge is 0.354 e. The first-order valence-corrected chi connectivity index (χ1v) is 12.1. The van der Waals surface area contributed by atoms with E-state index in [-0.39, 0.29) is 18.1 Å². The van der Waals surface area contributed by atoms with E-state index in [1.54, 1.807) is 12.1 Å². The summed E-state index contributed by atoms with van der Waals surface area (Å²) in [6, 6.07) is 16.0. The molecule has 1 amide bonds. The Balaban J connectivity index is 1.41. The first kappa shape index (κ1) is 23.0. The quantitative estimate of drug-likeness (QED) is 0.406. The summed E-state index contributed by atoms with van der Waals surface area (Å²) in [6.07, 6.45) is 2.76. The van der Waals surface area contributed by atoms with Gasteiger partial charge in [0.25, 0.3) is 5.71 Å². The number of hydrogen-bond acceptors (Lipinski definition) is 6. The molecule has 1 aliphatic rings. The van der Waals surface area contributed by atoms with E-state index in [1.165, 1.54) is 12.1 Å². The monoisotopic (exact) mass is 473 g/mol. The molecular weight excluding hydrogens is 445 g/mol. The molecule has 35 heavy (non-hydrogen) atoms. The molecule has 0 N–H and O–H groups in total. The lowest BCUT2D eigenvalue weighted by molar-refractivity contribution is -0.130. The number of rotatable bonds is 6. The van der Waals surface area contributed by atoms with Crippen LogP contribution in [0.1, 0.15) is 31.2 Å². The number of benzene rings is 2. The van der Waals surface area contributed by atoms with Crippen molar-refractivity contribution >= 4 is 22.8 Å². The van der Waals surface area contributed by atoms with Gasteiger partial charge in [-0.15, -0.1) is 0 Å². The number of halogens is 1. The van der Waals surface area contributed by atoms with Crippen molar-refractivity contribution in [2.75, 3.05) is 31.1 Å². The van der Waals surface area contributed by atoms with Crippen LogP contribution in [0, 0.1) is 5.82 Å². The lowest BCUT2D eigenvalue weighted by atomic mass is 10.1. The molecule has 180 valence electrons. The van der Waals surface area contributed by atoms with Crippen LogP contribution < -0.4 is 4.90 Å². The normalized spacial score (nSPS) is 14.3. The lowest BCUT2D eigenvalue weighted by Crippen LogP contribution is -2.36. The standard InChI is InChI=1S/C27H28FN5O2/c1-2-7-22-29-26(24-25(31-35-27(24)30-22)20-8-4-3-5-9-20)33-15-6-14-32(16-17-33)23(34)18-19-10-12-21(28)13-11-19/h3-5,8-13H,2,6-7,14-18H2,1H3. The summed E-state index contributed by atoms with van der Waals surface area (Å²) in [4.78, 5) is 26.6. The highest BCUT2D eigenvalue weighted by Gasteiger charge is 2.25. The SMILES string of the molecule is CCCc1nc(N2CCCN(C(=O)Cc3ccc(F)cc3)CC2)c2c(-c3ccccc3)noc2n1. The molecule has 7 nitrogen and oxygen atoms in total. The minimum atomic E-state index is -0.297. The summed E-state index contributed by atoms with van der Waals surface area (Å²) >= 11 is 0. The summed E-state index contributed by atoms with van der Waals surface area (Å²) in [5.41, 5.74) is 2.99. The Morgan fingerprint density at radius 1 is 1.00 bits per heavy atom. The van der Waals surface area contributed by atoms with E-state index in [1.807, 2.05) is 35.2 Å². The first-order chi connectivity index (χ1) is 17.1. The second-order valence-electron chi connectivity index (χ2n) is 8.82. The van der Waals surface area contributed by atoms with Crippen molar-refractivity contribution in [3.05, 3.63) is 71.8 Å². The molecule has 0 atom stereocenters. The van der Waals surface area contributed by atoms with Crippen LogP contribution in [0.3, 0.4) is 0 Å². The van der Waals surface area contributed by atoms with E-state index < -0.39 is 0 Å². The molecule has 0 unspecified atom stereocenters. The molecule has 3 heterocycles. The number of amides is 1. The van der Waals surface area contributed by atoms with Gasteiger partial charge < -0.3 is 14.3 Å². The van der Waals surface area contributed by atoms with E-state index >= 15 is 0 Å². The van der Waals surface area contributed by atoms with Gasteiger partial charge in [0, 0.05) is 38.2 Å². The molecule has 1 fully saturated rings. The van der Waals surface area contributed by atoms with Crippen LogP contribution in [0.4, 0.5) is 10.2 Å². The van der Waals surface area contributed by atoms with E-state index in [2.05, 4.69) is 22.0 Å². The number of aromatic nitrogens is 3. The van der Waals surface area contributed by atoms with Gasteiger partial charge in [-0.3, -0.25) is 4.79 Å². The van der Waals surface area contributed by atoms with Gasteiger partial charge in [0.05, 0.1) is 6.42 Å². The van der Waals surface area contributed by atoms with Gasteiger partial charge in [-0.1, -0.05) is 54.5 Å². The molecule has 5 rings (SSSR count). The van der Waals surface area contributed by atoms with Gasteiger partial charge in [-0.25, -0.2) is 9.37 Å². The average Bonchev–Trinajstić information content (AvgIpc) is 3.14. The van der Waals surface area contributed by atoms with Crippen molar-refractivity contribution in [1.29, 1.82) is 0 Å². The fourth-order valence-electron chi connectivity index (χ4n) is 4.50. The fraction of sp³-hybridized carbons (Fsp3) is 0.333. The van der Waals surface area contributed by atoms with Gasteiger partial charge in [-0.2, -0.15) is 4.98 Å². The molecule has 1 saturated heterocycles. The van der Waals surface area contributed by atoms with E-state index in [0.29, 0.717) is 25.3 Å². The van der Waals surface area contributed by atoms with Crippen LogP contribution in [0.25, 0.3) is 22.4 Å². The number of carbonyl (C=O) groups is 1. The highest BCUT2D eigenvalue weighted by Crippen LogP contribution is 2.34. The lowest BCUT2D eigenvalue weighted by Gasteiger charge is -2.24. The second kappa shape index (κ2) is 10.2. The van der Waals surface area contributed by atoms with Crippen LogP contribution in [0.15, 0.2) is 59.1 Å². The van der Waals surface area contributed by atoms with E-state index in [4.69, 9.17) is 9.51 Å². The van der Waals surface area contributed by atoms with Crippen LogP contribution in [0.5, 0.6) is 0 Å². The molecule has 0 aliphatic carbocycles. The Hall–Kier alpha value is -3.81. The summed E-state index contributed by atoms with van der Waals surface area (Å²) in [6.45, 7) is 4.76. The third-order valence-electron chi connectivity index (χ3n) is 6.30. The van der Waals surface area contributed by atoms with Gasteiger partial charge in [-0.05, 0) is 30.5 Å². The molecule has 8 heteroatoms. The minimum Gasteiger partial charge on any atom is -0.354 e. The van der Waals surface area contributed by atoms with Gasteiger partial charge in [0.1, 0.15) is 28.5 Å². The number of aryl methyl sites for hydroxylation is 1. The number of hydrogen-bond donors (Lipinski definition) is 0. The zero-order chi connectivity index (χ0) is 24.2. The van der Waals surface area contributed by atoms with Crippen molar-refractivity contribution in [1.82, 2.24) is 20.0 Å². The van der Waals surface area contributed by atoms with Gasteiger partial charge in [0.2, 0.25) is 5.91 Å². The topological polar surface area (TPSA) is 75.4 Å². The number of nitrogens with zero attached hydrogens (tertiary/aromatic N) is 5. The maximum Gasteiger partial charge on any atom is 0.263 e. The summed E-state index contributed by atoms with van der Waals surface area (Å²) in [5.74, 6) is 1.30. The van der Waals surface area contributed by atoms with Crippen molar-refractivity contribution < 1.29 is 13.7 Å². The molecule has 0 radical (unpaired) electrons. The van der Waals surface area contributed by atoms with Crippen molar-refractivity contribution in [2.24, 2.45) is 0 Å². The van der Waals surface area contributed by atoms with Crippen LogP contribution in [0.2, 0.25) is 0 Å². The predicted octanol–water partition coefficient (Wildman–Crippen LogP) is 4.66. The molecule has 2 aromatic heterocycles. The zero-order valence-corrected chi connectivity index (χ0v) is 19.8. The van der Waals surface area contributed by atoms with Gasteiger partial charge in [0.15, 0.2) is 0 Å². The smallest absolute Gasteiger partial charge is 0.263 e. The molecule has 4 aromatic rings. The average molecular weight is 474 g/mol. The predicted molar refractivity (Wildman–Crippen MR) is 133 cm³/mol. The fourth-order valence-corrected chi connectivity index (χ4v) is 4.50. The number of anilines is 1. The number of fused-ring (bicyclic) bond motifs is 1. The second-order valence-corrected chi connectivity index (χ2v) is 8.82. The van der Waals surface area contributed by atoms with Crippen molar-refractivity contribution in [3.63, 3.8) is 0 Å². The Morgan fingerprint density at radius 2 is 1.80 bits per heavy atom. The maximum atomic E-state index is 13.2. The molecule has 1 aliphatic heterocycles. The summed E-state index contributed by atoms with van der Waals surface area (Å²) < 4.78 is 18.9. The van der Waals surface area contributed by atoms with Crippen molar-refractivity contribution in [3.8, 4) is 11.3 Å². The Bertz CT molecular complexity index is 1310. The Labute approximate surface area is 203 Å². The van der Waals surface area contributed by atoms with Crippen molar-refractivity contribution in [2.45, 2.75) is 32.6 Å². The maximum absolute atomic E-state index is 13.2. The third-order valence-corrected chi connectivity index (χ3v) is 6.30. The Morgan fingerprint density at radius 3 is 2.57 bits per heavy atom. The van der Waals surface area contributed by atoms with E-state index in [0.717, 1.165) is 59.7 Å². The van der Waals surface area contributed by atoms with E-state index in [9.17, 15) is 9.18 Å². The van der Waals surface area contributed by atoms with Gasteiger partial charge >= 0.3 is 0 Å². The summed E-state index contributed by atoms with van der Waals surface area (Å²) in [7, 11) is 0. The minimum absolute atomic E-state index is 0.0490. The summed E-state index contributed by atoms with van der Waals surface area (Å²) in [5, 5.41) is 5.15. The molecule has 0 bridgehead atoms. The third kappa shape index (κ3) is 5.01. The Kier molecular flexibility index (Phi) is 6.70. The molecular formula is C27H28FN5O2. The van der Waals surface area contributed by atoms with Crippen LogP contribution in [-0.2, 0) is 17.6 Å².